The lowest BCUT2D eigenvalue weighted by molar-refractivity contribution is 0.0589. The Kier molecular flexibility index (Phi) is 3.24. The molecule has 0 spiro atoms. The average molecular weight is 212 g/mol. The molecule has 1 aromatic heterocycles. The number of thiocarbonyl (C=S) groups is 1. The molecule has 0 aromatic carbocycles. The second kappa shape index (κ2) is 4.23. The van der Waals surface area contributed by atoms with Gasteiger partial charge in [-0.2, -0.15) is 0 Å². The van der Waals surface area contributed by atoms with Crippen molar-refractivity contribution in [1.82, 2.24) is 4.57 Å². The Morgan fingerprint density at radius 3 is 2.79 bits per heavy atom. The Hall–Kier alpha value is -1.36. The maximum absolute atomic E-state index is 11.2. The minimum Gasteiger partial charge on any atom is -0.464 e. The Bertz CT molecular complexity index is 371. The van der Waals surface area contributed by atoms with Crippen molar-refractivity contribution in [2.45, 2.75) is 6.42 Å². The first-order valence-corrected chi connectivity index (χ1v) is 4.48. The summed E-state index contributed by atoms with van der Waals surface area (Å²) in [7, 11) is 3.13. The fourth-order valence-electron chi connectivity index (χ4n) is 1.22. The van der Waals surface area contributed by atoms with Crippen LogP contribution >= 0.6 is 12.2 Å². The Labute approximate surface area is 87.6 Å². The van der Waals surface area contributed by atoms with Gasteiger partial charge in [0, 0.05) is 19.2 Å². The predicted molar refractivity (Wildman–Crippen MR) is 57.2 cm³/mol. The van der Waals surface area contributed by atoms with Crippen LogP contribution in [-0.4, -0.2) is 22.6 Å². The largest absolute Gasteiger partial charge is 0.464 e. The van der Waals surface area contributed by atoms with Crippen LogP contribution in [0.25, 0.3) is 0 Å². The molecular weight excluding hydrogens is 200 g/mol. The number of hydrogen-bond donors (Lipinski definition) is 1. The van der Waals surface area contributed by atoms with Gasteiger partial charge in [0.2, 0.25) is 0 Å². The summed E-state index contributed by atoms with van der Waals surface area (Å²) in [5.41, 5.74) is 6.81. The van der Waals surface area contributed by atoms with Gasteiger partial charge in [0.15, 0.2) is 0 Å². The Morgan fingerprint density at radius 2 is 2.29 bits per heavy atom. The lowest BCUT2D eigenvalue weighted by Gasteiger charge is -2.05. The summed E-state index contributed by atoms with van der Waals surface area (Å²) in [6.45, 7) is 0. The van der Waals surface area contributed by atoms with Gasteiger partial charge in [-0.3, -0.25) is 0 Å². The van der Waals surface area contributed by atoms with Gasteiger partial charge in [0.05, 0.1) is 12.1 Å². The number of rotatable bonds is 3. The van der Waals surface area contributed by atoms with E-state index < -0.39 is 0 Å². The van der Waals surface area contributed by atoms with Gasteiger partial charge < -0.3 is 15.0 Å². The minimum atomic E-state index is -0.360. The van der Waals surface area contributed by atoms with E-state index in [9.17, 15) is 4.79 Å². The molecular formula is C9H12N2O2S. The summed E-state index contributed by atoms with van der Waals surface area (Å²) in [6.07, 6.45) is 0.489. The van der Waals surface area contributed by atoms with E-state index in [0.717, 1.165) is 5.69 Å². The number of nitrogens with two attached hydrogens (primary N) is 1. The molecule has 14 heavy (non-hydrogen) atoms. The topological polar surface area (TPSA) is 57.2 Å². The number of hydrogen-bond acceptors (Lipinski definition) is 3. The van der Waals surface area contributed by atoms with E-state index >= 15 is 0 Å². The third-order valence-electron chi connectivity index (χ3n) is 1.98. The molecule has 1 aromatic rings. The first-order valence-electron chi connectivity index (χ1n) is 4.07. The number of methoxy groups -OCH3 is 1. The van der Waals surface area contributed by atoms with Crippen LogP contribution in [0.4, 0.5) is 0 Å². The number of ether oxygens (including phenoxy) is 1. The monoisotopic (exact) mass is 212 g/mol. The summed E-state index contributed by atoms with van der Waals surface area (Å²) in [6, 6.07) is 3.50. The summed E-state index contributed by atoms with van der Waals surface area (Å²) in [5.74, 6) is -0.360. The van der Waals surface area contributed by atoms with E-state index in [1.807, 2.05) is 6.07 Å². The third kappa shape index (κ3) is 2.11. The number of carbonyl (C=O) groups excluding carboxylic acids is 1. The second-order valence-corrected chi connectivity index (χ2v) is 3.43. The molecule has 0 radical (unpaired) electrons. The highest BCUT2D eigenvalue weighted by molar-refractivity contribution is 7.80. The number of nitrogens with zero attached hydrogens (tertiary/aromatic N) is 1. The summed E-state index contributed by atoms with van der Waals surface area (Å²) < 4.78 is 6.34. The molecule has 0 aliphatic rings. The molecule has 1 rings (SSSR count). The summed E-state index contributed by atoms with van der Waals surface area (Å²) in [4.78, 5) is 11.6. The summed E-state index contributed by atoms with van der Waals surface area (Å²) >= 11 is 4.79. The average Bonchev–Trinajstić information content (AvgIpc) is 2.46. The molecule has 0 atom stereocenters. The molecule has 0 bridgehead atoms. The standard InChI is InChI=1S/C9H12N2O2S/c1-11-6(5-8(10)14)3-4-7(11)9(12)13-2/h3-4H,5H2,1-2H3,(H2,10,14). The van der Waals surface area contributed by atoms with Crippen LogP contribution in [0.5, 0.6) is 0 Å². The van der Waals surface area contributed by atoms with Crippen LogP contribution in [0.2, 0.25) is 0 Å². The summed E-state index contributed by atoms with van der Waals surface area (Å²) in [5, 5.41) is 0. The molecule has 0 amide bonds. The first-order chi connectivity index (χ1) is 6.56. The molecule has 5 heteroatoms. The van der Waals surface area contributed by atoms with Crippen molar-refractivity contribution in [2.24, 2.45) is 12.8 Å². The van der Waals surface area contributed by atoms with Crippen molar-refractivity contribution in [2.75, 3.05) is 7.11 Å². The second-order valence-electron chi connectivity index (χ2n) is 2.90. The van der Waals surface area contributed by atoms with Gasteiger partial charge in [-0.15, -0.1) is 0 Å². The van der Waals surface area contributed by atoms with Gasteiger partial charge in [-0.05, 0) is 12.1 Å². The van der Waals surface area contributed by atoms with Crippen molar-refractivity contribution in [3.8, 4) is 0 Å². The number of carbonyl (C=O) groups is 1. The molecule has 4 nitrogen and oxygen atoms in total. The van der Waals surface area contributed by atoms with E-state index in [1.165, 1.54) is 7.11 Å². The van der Waals surface area contributed by atoms with Gasteiger partial charge in [0.25, 0.3) is 0 Å². The Morgan fingerprint density at radius 1 is 1.64 bits per heavy atom. The maximum atomic E-state index is 11.2. The fourth-order valence-corrected chi connectivity index (χ4v) is 1.37. The minimum absolute atomic E-state index is 0.360. The first kappa shape index (κ1) is 10.7. The third-order valence-corrected chi connectivity index (χ3v) is 2.12. The molecule has 0 saturated heterocycles. The van der Waals surface area contributed by atoms with Gasteiger partial charge in [-0.1, -0.05) is 12.2 Å². The molecule has 0 aliphatic carbocycles. The van der Waals surface area contributed by atoms with Crippen LogP contribution in [0.15, 0.2) is 12.1 Å². The number of aromatic nitrogens is 1. The van der Waals surface area contributed by atoms with E-state index in [-0.39, 0.29) is 5.97 Å². The zero-order valence-corrected chi connectivity index (χ0v) is 8.93. The van der Waals surface area contributed by atoms with E-state index in [1.54, 1.807) is 17.7 Å². The van der Waals surface area contributed by atoms with Gasteiger partial charge in [-0.25, -0.2) is 4.79 Å². The highest BCUT2D eigenvalue weighted by Gasteiger charge is 2.12. The maximum Gasteiger partial charge on any atom is 0.354 e. The van der Waals surface area contributed by atoms with E-state index in [0.29, 0.717) is 17.1 Å². The normalized spacial score (nSPS) is 9.86. The van der Waals surface area contributed by atoms with Crippen LogP contribution in [-0.2, 0) is 18.2 Å². The zero-order valence-electron chi connectivity index (χ0n) is 8.11. The van der Waals surface area contributed by atoms with E-state index in [2.05, 4.69) is 4.74 Å². The van der Waals surface area contributed by atoms with Crippen molar-refractivity contribution < 1.29 is 9.53 Å². The van der Waals surface area contributed by atoms with Crippen molar-refractivity contribution in [3.63, 3.8) is 0 Å². The SMILES string of the molecule is COC(=O)c1ccc(CC(N)=S)n1C. The van der Waals surface area contributed by atoms with Crippen LogP contribution in [0, 0.1) is 0 Å². The Balaban J connectivity index is 2.96. The van der Waals surface area contributed by atoms with Crippen LogP contribution in [0.3, 0.4) is 0 Å². The van der Waals surface area contributed by atoms with Crippen LogP contribution in [0.1, 0.15) is 16.2 Å². The van der Waals surface area contributed by atoms with Crippen LogP contribution < -0.4 is 5.73 Å². The molecule has 0 fully saturated rings. The number of esters is 1. The quantitative estimate of drug-likeness (QED) is 0.590. The fraction of sp³-hybridized carbons (Fsp3) is 0.333. The molecule has 2 N–H and O–H groups in total. The zero-order chi connectivity index (χ0) is 10.7. The highest BCUT2D eigenvalue weighted by atomic mass is 32.1. The van der Waals surface area contributed by atoms with E-state index in [4.69, 9.17) is 18.0 Å². The van der Waals surface area contributed by atoms with Gasteiger partial charge in [0.1, 0.15) is 5.69 Å². The van der Waals surface area contributed by atoms with Crippen molar-refractivity contribution >= 4 is 23.2 Å². The molecule has 76 valence electrons. The lowest BCUT2D eigenvalue weighted by atomic mass is 10.3. The molecule has 1 heterocycles. The molecule has 0 aliphatic heterocycles. The van der Waals surface area contributed by atoms with Crippen molar-refractivity contribution in [1.29, 1.82) is 0 Å². The van der Waals surface area contributed by atoms with Gasteiger partial charge >= 0.3 is 5.97 Å². The van der Waals surface area contributed by atoms with Crippen molar-refractivity contribution in [3.05, 3.63) is 23.5 Å². The smallest absolute Gasteiger partial charge is 0.354 e. The predicted octanol–water partition coefficient (Wildman–Crippen LogP) is 0.640. The molecule has 0 unspecified atom stereocenters. The highest BCUT2D eigenvalue weighted by Crippen LogP contribution is 2.09. The molecule has 0 saturated carbocycles. The lowest BCUT2D eigenvalue weighted by Crippen LogP contribution is -2.15.